The van der Waals surface area contributed by atoms with Crippen LogP contribution in [0.4, 0.5) is 0 Å². The van der Waals surface area contributed by atoms with Crippen molar-refractivity contribution in [3.63, 3.8) is 0 Å². The molecule has 2 heterocycles. The summed E-state index contributed by atoms with van der Waals surface area (Å²) < 4.78 is 11.2. The van der Waals surface area contributed by atoms with E-state index < -0.39 is 0 Å². The van der Waals surface area contributed by atoms with E-state index in [9.17, 15) is 0 Å². The first kappa shape index (κ1) is 27.0. The maximum atomic E-state index is 6.26. The van der Waals surface area contributed by atoms with Gasteiger partial charge in [0, 0.05) is 41.9 Å². The molecule has 3 aromatic carbocycles. The highest BCUT2D eigenvalue weighted by Gasteiger charge is 2.20. The van der Waals surface area contributed by atoms with Crippen LogP contribution < -0.4 is 9.30 Å². The molecule has 5 aromatic rings. The Hall–Kier alpha value is -3.59. The van der Waals surface area contributed by atoms with Crippen molar-refractivity contribution >= 4 is 21.8 Å². The molecule has 0 fully saturated rings. The van der Waals surface area contributed by atoms with Crippen molar-refractivity contribution in [3.05, 3.63) is 108 Å². The summed E-state index contributed by atoms with van der Waals surface area (Å²) in [5.74, 6) is 0.984. The molecule has 0 saturated carbocycles. The SMILES string of the molecule is CCCCCCCCOc1ccc2c3cc[n+](Cc4ccccc4)c(C)c3n(CCCc3ccccc3)c2c1. The number of aryl methyl sites for hydroxylation is 3. The number of unbranched alkanes of at least 4 members (excludes halogenated alkanes) is 5. The molecule has 0 radical (unpaired) electrons. The molecule has 0 aliphatic carbocycles. The zero-order chi connectivity index (χ0) is 26.9. The van der Waals surface area contributed by atoms with Crippen LogP contribution in [0.15, 0.2) is 91.1 Å². The summed E-state index contributed by atoms with van der Waals surface area (Å²) >= 11 is 0. The van der Waals surface area contributed by atoms with Crippen molar-refractivity contribution in [1.82, 2.24) is 4.57 Å². The molecule has 0 aliphatic heterocycles. The quantitative estimate of drug-likeness (QED) is 0.106. The first-order chi connectivity index (χ1) is 19.2. The van der Waals surface area contributed by atoms with E-state index in [0.29, 0.717) is 0 Å². The predicted molar refractivity (Wildman–Crippen MR) is 164 cm³/mol. The van der Waals surface area contributed by atoms with E-state index in [2.05, 4.69) is 114 Å². The van der Waals surface area contributed by atoms with Gasteiger partial charge in [0.25, 0.3) is 0 Å². The summed E-state index contributed by atoms with van der Waals surface area (Å²) in [5.41, 5.74) is 6.64. The Balaban J connectivity index is 1.43. The second-order valence-corrected chi connectivity index (χ2v) is 10.8. The Kier molecular flexibility index (Phi) is 9.32. The lowest BCUT2D eigenvalue weighted by molar-refractivity contribution is -0.693. The Morgan fingerprint density at radius 1 is 0.718 bits per heavy atom. The molecule has 0 spiro atoms. The number of hydrogen-bond acceptors (Lipinski definition) is 1. The molecule has 0 unspecified atom stereocenters. The van der Waals surface area contributed by atoms with Crippen LogP contribution >= 0.6 is 0 Å². The topological polar surface area (TPSA) is 18.0 Å². The van der Waals surface area contributed by atoms with E-state index in [0.717, 1.165) is 44.7 Å². The first-order valence-electron chi connectivity index (χ1n) is 14.9. The van der Waals surface area contributed by atoms with Crippen LogP contribution in [0.5, 0.6) is 5.75 Å². The van der Waals surface area contributed by atoms with Crippen LogP contribution in [0.2, 0.25) is 0 Å². The summed E-state index contributed by atoms with van der Waals surface area (Å²) in [6, 6.07) is 30.6. The van der Waals surface area contributed by atoms with Crippen LogP contribution in [0.25, 0.3) is 21.8 Å². The minimum absolute atomic E-state index is 0.794. The summed E-state index contributed by atoms with van der Waals surface area (Å²) in [7, 11) is 0. The normalized spacial score (nSPS) is 11.4. The zero-order valence-electron chi connectivity index (χ0n) is 23.7. The lowest BCUT2D eigenvalue weighted by atomic mass is 10.1. The standard InChI is InChI=1S/C36H43N2O/c1-3-4-5-6-7-14-26-39-32-21-22-33-34-23-25-37(28-31-18-12-9-13-19-31)29(2)36(34)38(35(33)27-32)24-15-20-30-16-10-8-11-17-30/h8-13,16-19,21-23,25,27H,3-7,14-15,20,24,26,28H2,1-2H3/q+1. The van der Waals surface area contributed by atoms with Gasteiger partial charge in [-0.05, 0) is 37.0 Å². The molecule has 0 saturated heterocycles. The number of benzene rings is 3. The van der Waals surface area contributed by atoms with E-state index in [1.165, 1.54) is 70.7 Å². The molecule has 0 atom stereocenters. The molecule has 3 nitrogen and oxygen atoms in total. The fraction of sp³-hybridized carbons (Fsp3) is 0.361. The zero-order valence-corrected chi connectivity index (χ0v) is 23.7. The lowest BCUT2D eigenvalue weighted by Crippen LogP contribution is -2.37. The van der Waals surface area contributed by atoms with E-state index in [4.69, 9.17) is 4.74 Å². The summed E-state index contributed by atoms with van der Waals surface area (Å²) in [5, 5.41) is 2.64. The maximum Gasteiger partial charge on any atom is 0.203 e. The second kappa shape index (κ2) is 13.5. The molecular formula is C36H43N2O+. The van der Waals surface area contributed by atoms with Gasteiger partial charge in [-0.2, -0.15) is 4.57 Å². The monoisotopic (exact) mass is 519 g/mol. The minimum Gasteiger partial charge on any atom is -0.494 e. The van der Waals surface area contributed by atoms with Crippen molar-refractivity contribution in [3.8, 4) is 5.75 Å². The largest absolute Gasteiger partial charge is 0.494 e. The van der Waals surface area contributed by atoms with Crippen LogP contribution in [0, 0.1) is 6.92 Å². The average molecular weight is 520 g/mol. The summed E-state index contributed by atoms with van der Waals surface area (Å²) in [6.07, 6.45) is 12.1. The molecule has 0 bridgehead atoms. The van der Waals surface area contributed by atoms with E-state index in [1.54, 1.807) is 0 Å². The number of ether oxygens (including phenoxy) is 1. The van der Waals surface area contributed by atoms with Crippen molar-refractivity contribution in [2.75, 3.05) is 6.61 Å². The third kappa shape index (κ3) is 6.71. The van der Waals surface area contributed by atoms with Crippen molar-refractivity contribution in [2.45, 2.75) is 78.3 Å². The van der Waals surface area contributed by atoms with Gasteiger partial charge >= 0.3 is 0 Å². The van der Waals surface area contributed by atoms with E-state index >= 15 is 0 Å². The lowest BCUT2D eigenvalue weighted by Gasteiger charge is -2.11. The molecule has 2 aromatic heterocycles. The molecule has 0 aliphatic rings. The molecule has 0 amide bonds. The van der Waals surface area contributed by atoms with Crippen LogP contribution in [-0.2, 0) is 19.5 Å². The Morgan fingerprint density at radius 3 is 2.21 bits per heavy atom. The van der Waals surface area contributed by atoms with E-state index in [1.807, 2.05) is 0 Å². The molecule has 202 valence electrons. The highest BCUT2D eigenvalue weighted by Crippen LogP contribution is 2.33. The van der Waals surface area contributed by atoms with Gasteiger partial charge in [0.1, 0.15) is 11.3 Å². The molecule has 5 rings (SSSR count). The summed E-state index contributed by atoms with van der Waals surface area (Å²) in [6.45, 7) is 7.19. The number of aromatic nitrogens is 2. The second-order valence-electron chi connectivity index (χ2n) is 10.8. The fourth-order valence-electron chi connectivity index (χ4n) is 5.76. The number of rotatable bonds is 14. The van der Waals surface area contributed by atoms with Gasteiger partial charge < -0.3 is 9.30 Å². The van der Waals surface area contributed by atoms with Crippen LogP contribution in [0.3, 0.4) is 0 Å². The van der Waals surface area contributed by atoms with Gasteiger partial charge in [-0.3, -0.25) is 0 Å². The molecular weight excluding hydrogens is 476 g/mol. The predicted octanol–water partition coefficient (Wildman–Crippen LogP) is 8.81. The van der Waals surface area contributed by atoms with Crippen molar-refractivity contribution in [2.24, 2.45) is 0 Å². The van der Waals surface area contributed by atoms with Crippen molar-refractivity contribution in [1.29, 1.82) is 0 Å². The van der Waals surface area contributed by atoms with Crippen LogP contribution in [0.1, 0.15) is 68.7 Å². The average Bonchev–Trinajstić information content (AvgIpc) is 3.28. The highest BCUT2D eigenvalue weighted by molar-refractivity contribution is 6.08. The molecule has 0 N–H and O–H groups in total. The number of hydrogen-bond donors (Lipinski definition) is 0. The summed E-state index contributed by atoms with van der Waals surface area (Å²) in [4.78, 5) is 0. The van der Waals surface area contributed by atoms with Gasteiger partial charge in [0.05, 0.1) is 12.1 Å². The first-order valence-corrected chi connectivity index (χ1v) is 14.9. The van der Waals surface area contributed by atoms with Crippen LogP contribution in [-0.4, -0.2) is 11.2 Å². The van der Waals surface area contributed by atoms with Gasteiger partial charge in [-0.15, -0.1) is 0 Å². The number of pyridine rings is 1. The van der Waals surface area contributed by atoms with Gasteiger partial charge in [0.2, 0.25) is 5.69 Å². The highest BCUT2D eigenvalue weighted by atomic mass is 16.5. The molecule has 39 heavy (non-hydrogen) atoms. The fourth-order valence-corrected chi connectivity index (χ4v) is 5.76. The van der Waals surface area contributed by atoms with Crippen molar-refractivity contribution < 1.29 is 9.30 Å². The smallest absolute Gasteiger partial charge is 0.203 e. The van der Waals surface area contributed by atoms with Gasteiger partial charge in [0.15, 0.2) is 12.7 Å². The Labute approximate surface area is 234 Å². The Bertz CT molecular complexity index is 1470. The third-order valence-electron chi connectivity index (χ3n) is 7.92. The minimum atomic E-state index is 0.794. The number of nitrogens with zero attached hydrogens (tertiary/aromatic N) is 2. The van der Waals surface area contributed by atoms with Gasteiger partial charge in [-0.25, -0.2) is 0 Å². The van der Waals surface area contributed by atoms with Gasteiger partial charge in [-0.1, -0.05) is 99.7 Å². The van der Waals surface area contributed by atoms with E-state index in [-0.39, 0.29) is 0 Å². The molecule has 3 heteroatoms. The third-order valence-corrected chi connectivity index (χ3v) is 7.92. The maximum absolute atomic E-state index is 6.26. The number of fused-ring (bicyclic) bond motifs is 3. The Morgan fingerprint density at radius 2 is 1.44 bits per heavy atom.